The molecule has 0 bridgehead atoms. The van der Waals surface area contributed by atoms with Gasteiger partial charge >= 0.3 is 0 Å². The van der Waals surface area contributed by atoms with E-state index in [0.717, 1.165) is 47.1 Å². The SMILES string of the molecule is Cc1cc(NC(=O)CSc2nc(-c3ccccc3)c(-c3ccccc3)n2C[C@H]2CCCO2)no1. The number of nitrogens with one attached hydrogen (secondary N) is 1. The number of ether oxygens (including phenoxy) is 1. The summed E-state index contributed by atoms with van der Waals surface area (Å²) < 4.78 is 13.2. The Labute approximate surface area is 202 Å². The van der Waals surface area contributed by atoms with Crippen molar-refractivity contribution >= 4 is 23.5 Å². The molecule has 1 aliphatic rings. The molecule has 4 aromatic rings. The average molecular weight is 475 g/mol. The van der Waals surface area contributed by atoms with Gasteiger partial charge in [-0.05, 0) is 19.8 Å². The standard InChI is InChI=1S/C26H26N4O3S/c1-18-15-22(29-33-18)27-23(31)17-34-26-28-24(19-9-4-2-5-10-19)25(20-11-6-3-7-12-20)30(26)16-21-13-8-14-32-21/h2-7,9-12,15,21H,8,13-14,16-17H2,1H3,(H,27,29,31)/t21-/m1/s1. The minimum atomic E-state index is -0.160. The second kappa shape index (κ2) is 10.3. The first-order valence-corrected chi connectivity index (χ1v) is 12.3. The lowest BCUT2D eigenvalue weighted by atomic mass is 10.0. The average Bonchev–Trinajstić information content (AvgIpc) is 3.60. The van der Waals surface area contributed by atoms with Gasteiger partial charge in [0.05, 0.1) is 29.8 Å². The summed E-state index contributed by atoms with van der Waals surface area (Å²) in [6.45, 7) is 3.26. The van der Waals surface area contributed by atoms with Crippen LogP contribution in [0.25, 0.3) is 22.5 Å². The van der Waals surface area contributed by atoms with Crippen molar-refractivity contribution in [2.24, 2.45) is 0 Å². The number of aryl methyl sites for hydroxylation is 1. The summed E-state index contributed by atoms with van der Waals surface area (Å²) in [6.07, 6.45) is 2.21. The third-order valence-electron chi connectivity index (χ3n) is 5.67. The molecule has 0 unspecified atom stereocenters. The molecule has 1 aliphatic heterocycles. The first-order chi connectivity index (χ1) is 16.7. The van der Waals surface area contributed by atoms with Crippen molar-refractivity contribution in [3.05, 3.63) is 72.5 Å². The number of amides is 1. The highest BCUT2D eigenvalue weighted by atomic mass is 32.2. The number of anilines is 1. The molecule has 2 aromatic heterocycles. The summed E-state index contributed by atoms with van der Waals surface area (Å²) in [5, 5.41) is 7.42. The van der Waals surface area contributed by atoms with Crippen molar-refractivity contribution in [1.29, 1.82) is 0 Å². The van der Waals surface area contributed by atoms with Crippen LogP contribution in [0.3, 0.4) is 0 Å². The lowest BCUT2D eigenvalue weighted by molar-refractivity contribution is -0.113. The molecule has 5 rings (SSSR count). The summed E-state index contributed by atoms with van der Waals surface area (Å²) >= 11 is 1.41. The summed E-state index contributed by atoms with van der Waals surface area (Å²) in [7, 11) is 0. The molecular formula is C26H26N4O3S. The Morgan fingerprint density at radius 2 is 1.85 bits per heavy atom. The van der Waals surface area contributed by atoms with E-state index in [1.807, 2.05) is 36.4 Å². The Morgan fingerprint density at radius 1 is 1.12 bits per heavy atom. The predicted molar refractivity (Wildman–Crippen MR) is 133 cm³/mol. The summed E-state index contributed by atoms with van der Waals surface area (Å²) in [5.74, 6) is 1.11. The zero-order valence-electron chi connectivity index (χ0n) is 18.9. The van der Waals surface area contributed by atoms with Crippen LogP contribution in [0.4, 0.5) is 5.82 Å². The highest BCUT2D eigenvalue weighted by Crippen LogP contribution is 2.37. The number of thioether (sulfide) groups is 1. The van der Waals surface area contributed by atoms with E-state index < -0.39 is 0 Å². The molecule has 174 valence electrons. The molecule has 1 atom stereocenters. The van der Waals surface area contributed by atoms with E-state index >= 15 is 0 Å². The first kappa shape index (κ1) is 22.4. The molecule has 7 nitrogen and oxygen atoms in total. The smallest absolute Gasteiger partial charge is 0.236 e. The topological polar surface area (TPSA) is 82.2 Å². The Bertz CT molecular complexity index is 1250. The molecule has 0 spiro atoms. The van der Waals surface area contributed by atoms with E-state index in [4.69, 9.17) is 14.2 Å². The van der Waals surface area contributed by atoms with Gasteiger partial charge in [0, 0.05) is 23.8 Å². The number of hydrogen-bond acceptors (Lipinski definition) is 6. The highest BCUT2D eigenvalue weighted by molar-refractivity contribution is 7.99. The van der Waals surface area contributed by atoms with E-state index in [1.54, 1.807) is 13.0 Å². The Kier molecular flexibility index (Phi) is 6.78. The van der Waals surface area contributed by atoms with Gasteiger partial charge in [-0.1, -0.05) is 77.6 Å². The molecule has 1 N–H and O–H groups in total. The van der Waals surface area contributed by atoms with Crippen molar-refractivity contribution in [3.8, 4) is 22.5 Å². The molecule has 0 radical (unpaired) electrons. The predicted octanol–water partition coefficient (Wildman–Crippen LogP) is 5.42. The zero-order valence-corrected chi connectivity index (χ0v) is 19.8. The number of rotatable bonds is 8. The van der Waals surface area contributed by atoms with Crippen molar-refractivity contribution in [3.63, 3.8) is 0 Å². The third-order valence-corrected chi connectivity index (χ3v) is 6.64. The Balaban J connectivity index is 1.50. The number of aromatic nitrogens is 3. The number of imidazole rings is 1. The van der Waals surface area contributed by atoms with Gasteiger partial charge in [0.25, 0.3) is 0 Å². The molecule has 34 heavy (non-hydrogen) atoms. The highest BCUT2D eigenvalue weighted by Gasteiger charge is 2.25. The van der Waals surface area contributed by atoms with E-state index in [1.165, 1.54) is 11.8 Å². The van der Waals surface area contributed by atoms with Crippen LogP contribution >= 0.6 is 11.8 Å². The molecule has 1 saturated heterocycles. The van der Waals surface area contributed by atoms with Crippen LogP contribution in [0, 0.1) is 6.92 Å². The maximum absolute atomic E-state index is 12.6. The summed E-state index contributed by atoms with van der Waals surface area (Å²) in [5.41, 5.74) is 4.07. The van der Waals surface area contributed by atoms with Crippen molar-refractivity contribution in [2.75, 3.05) is 17.7 Å². The zero-order chi connectivity index (χ0) is 23.3. The van der Waals surface area contributed by atoms with Gasteiger partial charge in [-0.15, -0.1) is 0 Å². The molecule has 1 fully saturated rings. The lowest BCUT2D eigenvalue weighted by Gasteiger charge is -2.16. The molecule has 0 saturated carbocycles. The number of carbonyl (C=O) groups is 1. The van der Waals surface area contributed by atoms with Gasteiger partial charge in [-0.2, -0.15) is 0 Å². The largest absolute Gasteiger partial charge is 0.376 e. The van der Waals surface area contributed by atoms with Gasteiger partial charge in [0.2, 0.25) is 5.91 Å². The summed E-state index contributed by atoms with van der Waals surface area (Å²) in [6, 6.07) is 22.2. The second-order valence-corrected chi connectivity index (χ2v) is 9.17. The second-order valence-electron chi connectivity index (χ2n) is 8.23. The molecule has 3 heterocycles. The Morgan fingerprint density at radius 3 is 2.50 bits per heavy atom. The number of benzene rings is 2. The monoisotopic (exact) mass is 474 g/mol. The lowest BCUT2D eigenvalue weighted by Crippen LogP contribution is -2.18. The van der Waals surface area contributed by atoms with Crippen LogP contribution in [-0.2, 0) is 16.1 Å². The van der Waals surface area contributed by atoms with Crippen molar-refractivity contribution in [1.82, 2.24) is 14.7 Å². The first-order valence-electron chi connectivity index (χ1n) is 11.4. The van der Waals surface area contributed by atoms with Crippen LogP contribution in [0.15, 0.2) is 76.4 Å². The fourth-order valence-corrected chi connectivity index (χ4v) is 4.93. The molecule has 2 aromatic carbocycles. The van der Waals surface area contributed by atoms with Gasteiger partial charge in [0.1, 0.15) is 5.76 Å². The fourth-order valence-electron chi connectivity index (χ4n) is 4.12. The summed E-state index contributed by atoms with van der Waals surface area (Å²) in [4.78, 5) is 17.6. The van der Waals surface area contributed by atoms with Crippen molar-refractivity contribution < 1.29 is 14.1 Å². The van der Waals surface area contributed by atoms with Crippen molar-refractivity contribution in [2.45, 2.75) is 37.6 Å². The number of nitrogens with zero attached hydrogens (tertiary/aromatic N) is 3. The Hall–Kier alpha value is -3.36. The van der Waals surface area contributed by atoms with Crippen LogP contribution in [0.1, 0.15) is 18.6 Å². The van der Waals surface area contributed by atoms with E-state index in [-0.39, 0.29) is 17.8 Å². The van der Waals surface area contributed by atoms with Gasteiger partial charge in [-0.3, -0.25) is 4.79 Å². The quantitative estimate of drug-likeness (QED) is 0.343. The minimum absolute atomic E-state index is 0.131. The maximum atomic E-state index is 12.6. The van der Waals surface area contributed by atoms with Crippen LogP contribution in [0.2, 0.25) is 0 Å². The van der Waals surface area contributed by atoms with Gasteiger partial charge in [0.15, 0.2) is 11.0 Å². The minimum Gasteiger partial charge on any atom is -0.376 e. The number of hydrogen-bond donors (Lipinski definition) is 1. The van der Waals surface area contributed by atoms with E-state index in [0.29, 0.717) is 18.1 Å². The molecule has 8 heteroatoms. The molecular weight excluding hydrogens is 448 g/mol. The van der Waals surface area contributed by atoms with Crippen LogP contribution in [0.5, 0.6) is 0 Å². The maximum Gasteiger partial charge on any atom is 0.236 e. The normalized spacial score (nSPS) is 15.5. The van der Waals surface area contributed by atoms with Crippen LogP contribution in [-0.4, -0.2) is 39.1 Å². The number of carbonyl (C=O) groups excluding carboxylic acids is 1. The van der Waals surface area contributed by atoms with Crippen LogP contribution < -0.4 is 5.32 Å². The fraction of sp³-hybridized carbons (Fsp3) is 0.269. The van der Waals surface area contributed by atoms with Gasteiger partial charge in [-0.25, -0.2) is 4.98 Å². The van der Waals surface area contributed by atoms with Gasteiger partial charge < -0.3 is 19.1 Å². The van der Waals surface area contributed by atoms with E-state index in [9.17, 15) is 4.79 Å². The molecule has 1 amide bonds. The third kappa shape index (κ3) is 5.08. The molecule has 0 aliphatic carbocycles. The van der Waals surface area contributed by atoms with E-state index in [2.05, 4.69) is 39.3 Å².